The average Bonchev–Trinajstić information content (AvgIpc) is 3.00. The van der Waals surface area contributed by atoms with Crippen LogP contribution >= 0.6 is 0 Å². The van der Waals surface area contributed by atoms with Crippen molar-refractivity contribution in [2.24, 2.45) is 5.92 Å². The van der Waals surface area contributed by atoms with E-state index in [9.17, 15) is 8.78 Å². The molecule has 1 N–H and O–H groups in total. The molecule has 2 rings (SSSR count). The van der Waals surface area contributed by atoms with Gasteiger partial charge in [-0.1, -0.05) is 41.0 Å². The average molecular weight is 380 g/mol. The molecule has 0 bridgehead atoms. The minimum atomic E-state index is -2.53. The molecule has 0 amide bonds. The fourth-order valence-electron chi connectivity index (χ4n) is 3.54. The number of aromatic nitrogens is 2. The summed E-state index contributed by atoms with van der Waals surface area (Å²) in [6.45, 7) is 11.0. The second-order valence-corrected chi connectivity index (χ2v) is 8.60. The topological polar surface area (TPSA) is 29.9 Å². The van der Waals surface area contributed by atoms with Gasteiger partial charge in [-0.05, 0) is 37.0 Å². The maximum absolute atomic E-state index is 13.6. The lowest BCUT2D eigenvalue weighted by Crippen LogP contribution is -2.21. The van der Waals surface area contributed by atoms with E-state index in [2.05, 4.69) is 55.8 Å². The van der Waals surface area contributed by atoms with Crippen LogP contribution < -0.4 is 5.32 Å². The minimum absolute atomic E-state index is 0.00958. The maximum atomic E-state index is 13.6. The third kappa shape index (κ3) is 5.43. The molecular weight excluding hydrogens is 344 g/mol. The molecule has 2 aromatic rings. The number of aryl methyl sites for hydroxylation is 1. The third-order valence-electron chi connectivity index (χ3n) is 5.48. The van der Waals surface area contributed by atoms with Crippen LogP contribution in [0.4, 0.5) is 14.5 Å². The van der Waals surface area contributed by atoms with Gasteiger partial charge in [-0.25, -0.2) is 13.8 Å². The van der Waals surface area contributed by atoms with Crippen LogP contribution in [-0.4, -0.2) is 22.5 Å². The van der Waals surface area contributed by atoms with Gasteiger partial charge in [0, 0.05) is 37.5 Å². The summed E-state index contributed by atoms with van der Waals surface area (Å²) in [7, 11) is 1.90. The van der Waals surface area contributed by atoms with Crippen molar-refractivity contribution >= 4 is 16.7 Å². The Labute approximate surface area is 162 Å². The highest BCUT2D eigenvalue weighted by atomic mass is 19.3. The molecule has 0 spiro atoms. The largest absolute Gasteiger partial charge is 0.388 e. The first-order chi connectivity index (χ1) is 12.6. The van der Waals surface area contributed by atoms with Crippen LogP contribution in [0.15, 0.2) is 18.2 Å². The molecule has 152 valence electrons. The zero-order valence-corrected chi connectivity index (χ0v) is 17.7. The van der Waals surface area contributed by atoms with E-state index in [1.54, 1.807) is 6.92 Å². The van der Waals surface area contributed by atoms with E-state index in [1.165, 1.54) is 0 Å². The summed E-state index contributed by atoms with van der Waals surface area (Å²) in [5, 5.41) is 3.16. The minimum Gasteiger partial charge on any atom is -0.388 e. The van der Waals surface area contributed by atoms with Crippen LogP contribution in [0, 0.1) is 5.92 Å². The van der Waals surface area contributed by atoms with Crippen LogP contribution in [0.5, 0.6) is 0 Å². The van der Waals surface area contributed by atoms with Gasteiger partial charge < -0.3 is 9.88 Å². The summed E-state index contributed by atoms with van der Waals surface area (Å²) in [5.74, 6) is -1.17. The molecule has 0 fully saturated rings. The van der Waals surface area contributed by atoms with E-state index in [1.807, 2.05) is 7.05 Å². The van der Waals surface area contributed by atoms with E-state index in [-0.39, 0.29) is 18.3 Å². The zero-order chi connectivity index (χ0) is 20.2. The van der Waals surface area contributed by atoms with Gasteiger partial charge in [0.25, 0.3) is 0 Å². The van der Waals surface area contributed by atoms with Crippen molar-refractivity contribution in [3.8, 4) is 0 Å². The molecule has 0 aliphatic carbocycles. The molecule has 0 saturated carbocycles. The third-order valence-corrected chi connectivity index (χ3v) is 5.48. The summed E-state index contributed by atoms with van der Waals surface area (Å²) < 4.78 is 29.6. The van der Waals surface area contributed by atoms with Gasteiger partial charge in [0.1, 0.15) is 5.82 Å². The Morgan fingerprint density at radius 2 is 1.85 bits per heavy atom. The van der Waals surface area contributed by atoms with E-state index in [4.69, 9.17) is 4.98 Å². The summed E-state index contributed by atoms with van der Waals surface area (Å²) in [5.41, 5.74) is 3.07. The second-order valence-electron chi connectivity index (χ2n) is 8.60. The number of anilines is 1. The van der Waals surface area contributed by atoms with Gasteiger partial charge in [-0.3, -0.25) is 0 Å². The first kappa shape index (κ1) is 21.6. The molecule has 1 aromatic heterocycles. The van der Waals surface area contributed by atoms with Crippen molar-refractivity contribution in [3.63, 3.8) is 0 Å². The predicted molar refractivity (Wildman–Crippen MR) is 111 cm³/mol. The standard InChI is InChI=1S/C22H35F2N3/c1-7-16(11-13-22(23,24)8-2)12-14-27-19-10-9-17(25-6)15-18(19)26-20(27)21(3,4)5/h9-10,15-16,25H,7-8,11-14H2,1-6H3. The number of hydrogen-bond donors (Lipinski definition) is 1. The van der Waals surface area contributed by atoms with Crippen molar-refractivity contribution in [2.75, 3.05) is 12.4 Å². The number of hydrogen-bond acceptors (Lipinski definition) is 2. The number of alkyl halides is 2. The van der Waals surface area contributed by atoms with E-state index >= 15 is 0 Å². The number of nitrogens with zero attached hydrogens (tertiary/aromatic N) is 2. The molecular formula is C22H35F2N3. The first-order valence-corrected chi connectivity index (χ1v) is 10.2. The van der Waals surface area contributed by atoms with Crippen LogP contribution in [-0.2, 0) is 12.0 Å². The van der Waals surface area contributed by atoms with Crippen molar-refractivity contribution in [2.45, 2.75) is 84.6 Å². The van der Waals surface area contributed by atoms with E-state index in [0.29, 0.717) is 12.3 Å². The zero-order valence-electron chi connectivity index (χ0n) is 17.7. The van der Waals surface area contributed by atoms with Gasteiger partial charge in [0.05, 0.1) is 11.0 Å². The van der Waals surface area contributed by atoms with Gasteiger partial charge >= 0.3 is 0 Å². The molecule has 1 atom stereocenters. The normalized spacial score (nSPS) is 13.9. The molecule has 0 saturated heterocycles. The Kier molecular flexibility index (Phi) is 6.87. The highest BCUT2D eigenvalue weighted by Crippen LogP contribution is 2.31. The molecule has 27 heavy (non-hydrogen) atoms. The molecule has 5 heteroatoms. The SMILES string of the molecule is CCC(CCn1c(C(C)(C)C)nc2cc(NC)ccc21)CCC(F)(F)CC. The summed E-state index contributed by atoms with van der Waals surface area (Å²) >= 11 is 0. The van der Waals surface area contributed by atoms with Crippen molar-refractivity contribution in [1.29, 1.82) is 0 Å². The lowest BCUT2D eigenvalue weighted by atomic mass is 9.93. The smallest absolute Gasteiger partial charge is 0.247 e. The van der Waals surface area contributed by atoms with E-state index < -0.39 is 5.92 Å². The summed E-state index contributed by atoms with van der Waals surface area (Å²) in [6, 6.07) is 6.24. The quantitative estimate of drug-likeness (QED) is 0.531. The van der Waals surface area contributed by atoms with Crippen LogP contribution in [0.25, 0.3) is 11.0 Å². The molecule has 1 aromatic carbocycles. The highest BCUT2D eigenvalue weighted by Gasteiger charge is 2.27. The Morgan fingerprint density at radius 3 is 2.41 bits per heavy atom. The first-order valence-electron chi connectivity index (χ1n) is 10.2. The van der Waals surface area contributed by atoms with Crippen molar-refractivity contribution in [3.05, 3.63) is 24.0 Å². The lowest BCUT2D eigenvalue weighted by Gasteiger charge is -2.23. The molecule has 0 aliphatic heterocycles. The van der Waals surface area contributed by atoms with Crippen LogP contribution in [0.2, 0.25) is 0 Å². The molecule has 0 aliphatic rings. The highest BCUT2D eigenvalue weighted by molar-refractivity contribution is 5.80. The van der Waals surface area contributed by atoms with Crippen LogP contribution in [0.3, 0.4) is 0 Å². The molecule has 1 heterocycles. The number of imidazole rings is 1. The van der Waals surface area contributed by atoms with Gasteiger partial charge in [-0.15, -0.1) is 0 Å². The predicted octanol–water partition coefficient (Wildman–Crippen LogP) is 6.62. The fraction of sp³-hybridized carbons (Fsp3) is 0.682. The molecule has 3 nitrogen and oxygen atoms in total. The van der Waals surface area contributed by atoms with Crippen molar-refractivity contribution in [1.82, 2.24) is 9.55 Å². The van der Waals surface area contributed by atoms with E-state index in [0.717, 1.165) is 41.9 Å². The summed E-state index contributed by atoms with van der Waals surface area (Å²) in [6.07, 6.45) is 2.33. The second kappa shape index (κ2) is 8.57. The van der Waals surface area contributed by atoms with Crippen LogP contribution in [0.1, 0.15) is 72.5 Å². The maximum Gasteiger partial charge on any atom is 0.247 e. The van der Waals surface area contributed by atoms with Gasteiger partial charge in [-0.2, -0.15) is 0 Å². The summed E-state index contributed by atoms with van der Waals surface area (Å²) in [4.78, 5) is 4.90. The number of fused-ring (bicyclic) bond motifs is 1. The van der Waals surface area contributed by atoms with Gasteiger partial charge in [0.15, 0.2) is 0 Å². The fourth-order valence-corrected chi connectivity index (χ4v) is 3.54. The lowest BCUT2D eigenvalue weighted by molar-refractivity contribution is -0.0175. The Morgan fingerprint density at radius 1 is 1.15 bits per heavy atom. The Balaban J connectivity index is 2.23. The molecule has 0 radical (unpaired) electrons. The monoisotopic (exact) mass is 379 g/mol. The van der Waals surface area contributed by atoms with Gasteiger partial charge in [0.2, 0.25) is 5.92 Å². The number of halogens is 2. The Bertz CT molecular complexity index is 744. The number of benzene rings is 1. The molecule has 1 unspecified atom stereocenters. The van der Waals surface area contributed by atoms with Crippen molar-refractivity contribution < 1.29 is 8.78 Å². The Hall–Kier alpha value is -1.65. The number of rotatable bonds is 9. The number of nitrogens with one attached hydrogen (secondary N) is 1.